The highest BCUT2D eigenvalue weighted by molar-refractivity contribution is 5.84. The zero-order chi connectivity index (χ0) is 15.8. The zero-order valence-electron chi connectivity index (χ0n) is 13.4. The van der Waals surface area contributed by atoms with E-state index < -0.39 is 0 Å². The number of nitrogens with one attached hydrogen (secondary N) is 2. The molecule has 0 spiro atoms. The molecule has 1 aliphatic rings. The van der Waals surface area contributed by atoms with Crippen LogP contribution in [0.5, 0.6) is 0 Å². The number of aromatic nitrogens is 2. The number of nitrogen functional groups attached to an aromatic ring is 1. The smallest absolute Gasteiger partial charge is 0.242 e. The number of nitrogens with two attached hydrogens (primary N) is 1. The minimum Gasteiger partial charge on any atom is -0.383 e. The Bertz CT molecular complexity index is 546. The fourth-order valence-corrected chi connectivity index (χ4v) is 1.83. The van der Waals surface area contributed by atoms with E-state index in [1.54, 1.807) is 0 Å². The quantitative estimate of drug-likeness (QED) is 0.786. The molecule has 6 nitrogen and oxygen atoms in total. The Labute approximate surface area is 125 Å². The Kier molecular flexibility index (Phi) is 4.07. The molecule has 1 fully saturated rings. The molecule has 0 radical (unpaired) electrons. The summed E-state index contributed by atoms with van der Waals surface area (Å²) in [4.78, 5) is 20.9. The van der Waals surface area contributed by atoms with Crippen LogP contribution in [0.1, 0.15) is 51.9 Å². The summed E-state index contributed by atoms with van der Waals surface area (Å²) in [5, 5.41) is 6.13. The summed E-state index contributed by atoms with van der Waals surface area (Å²) in [7, 11) is 0. The zero-order valence-corrected chi connectivity index (χ0v) is 13.4. The van der Waals surface area contributed by atoms with E-state index in [9.17, 15) is 4.79 Å². The molecule has 1 heterocycles. The standard InChI is InChI=1S/C15H25N5O/c1-8-11(16)19-14(15(3,4)5)20-12(8)17-9(2)13(21)18-10-6-7-10/h9-10H,6-7H2,1-5H3,(H,18,21)(H3,16,17,19,20). The lowest BCUT2D eigenvalue weighted by Crippen LogP contribution is -2.39. The average Bonchev–Trinajstić information content (AvgIpc) is 3.17. The summed E-state index contributed by atoms with van der Waals surface area (Å²) in [6.45, 7) is 9.78. The van der Waals surface area contributed by atoms with Crippen molar-refractivity contribution in [3.8, 4) is 0 Å². The van der Waals surface area contributed by atoms with Crippen molar-refractivity contribution in [3.63, 3.8) is 0 Å². The van der Waals surface area contributed by atoms with Crippen LogP contribution in [0.4, 0.5) is 11.6 Å². The van der Waals surface area contributed by atoms with Gasteiger partial charge >= 0.3 is 0 Å². The van der Waals surface area contributed by atoms with Crippen LogP contribution in [-0.2, 0) is 10.2 Å². The van der Waals surface area contributed by atoms with Crippen molar-refractivity contribution in [2.75, 3.05) is 11.1 Å². The number of hydrogen-bond acceptors (Lipinski definition) is 5. The minimum absolute atomic E-state index is 0.00797. The van der Waals surface area contributed by atoms with E-state index in [4.69, 9.17) is 5.73 Å². The van der Waals surface area contributed by atoms with Gasteiger partial charge in [0.05, 0.1) is 0 Å². The van der Waals surface area contributed by atoms with Gasteiger partial charge < -0.3 is 16.4 Å². The SMILES string of the molecule is Cc1c(N)nc(C(C)(C)C)nc1NC(C)C(=O)NC1CC1. The topological polar surface area (TPSA) is 92.9 Å². The molecule has 1 saturated carbocycles. The minimum atomic E-state index is -0.355. The Morgan fingerprint density at radius 1 is 1.33 bits per heavy atom. The summed E-state index contributed by atoms with van der Waals surface area (Å²) in [6.07, 6.45) is 2.15. The van der Waals surface area contributed by atoms with Gasteiger partial charge in [-0.3, -0.25) is 4.79 Å². The van der Waals surface area contributed by atoms with Crippen molar-refractivity contribution in [2.45, 2.75) is 65.0 Å². The number of carbonyl (C=O) groups is 1. The highest BCUT2D eigenvalue weighted by Crippen LogP contribution is 2.25. The van der Waals surface area contributed by atoms with E-state index in [1.165, 1.54) is 0 Å². The third-order valence-corrected chi connectivity index (χ3v) is 3.52. The molecule has 6 heteroatoms. The molecule has 1 unspecified atom stereocenters. The first-order valence-corrected chi connectivity index (χ1v) is 7.40. The van der Waals surface area contributed by atoms with Gasteiger partial charge in [-0.2, -0.15) is 0 Å². The van der Waals surface area contributed by atoms with E-state index in [0.717, 1.165) is 18.4 Å². The van der Waals surface area contributed by atoms with Crippen molar-refractivity contribution < 1.29 is 4.79 Å². The van der Waals surface area contributed by atoms with Crippen LogP contribution in [0, 0.1) is 6.92 Å². The molecule has 0 bridgehead atoms. The molecule has 1 aromatic heterocycles. The molecule has 1 aromatic rings. The summed E-state index contributed by atoms with van der Waals surface area (Å²) in [5.41, 5.74) is 6.54. The largest absolute Gasteiger partial charge is 0.383 e. The van der Waals surface area contributed by atoms with Crippen molar-refractivity contribution >= 4 is 17.5 Å². The summed E-state index contributed by atoms with van der Waals surface area (Å²) in [6, 6.07) is -0.00475. The second-order valence-electron chi connectivity index (χ2n) is 6.80. The average molecular weight is 291 g/mol. The summed E-state index contributed by atoms with van der Waals surface area (Å²) < 4.78 is 0. The van der Waals surface area contributed by atoms with Gasteiger partial charge in [-0.15, -0.1) is 0 Å². The van der Waals surface area contributed by atoms with Crippen molar-refractivity contribution in [2.24, 2.45) is 0 Å². The van der Waals surface area contributed by atoms with Gasteiger partial charge in [-0.05, 0) is 26.7 Å². The molecule has 1 atom stereocenters. The molecule has 0 aliphatic heterocycles. The molecular formula is C15H25N5O. The Morgan fingerprint density at radius 2 is 1.95 bits per heavy atom. The molecule has 116 valence electrons. The Balaban J connectivity index is 2.17. The van der Waals surface area contributed by atoms with Crippen LogP contribution in [0.25, 0.3) is 0 Å². The molecule has 1 amide bonds. The van der Waals surface area contributed by atoms with Gasteiger partial charge in [0.15, 0.2) is 0 Å². The Morgan fingerprint density at radius 3 is 2.48 bits per heavy atom. The van der Waals surface area contributed by atoms with E-state index in [0.29, 0.717) is 23.5 Å². The number of rotatable bonds is 4. The maximum atomic E-state index is 12.0. The van der Waals surface area contributed by atoms with Crippen molar-refractivity contribution in [1.82, 2.24) is 15.3 Å². The lowest BCUT2D eigenvalue weighted by Gasteiger charge is -2.21. The van der Waals surface area contributed by atoms with Gasteiger partial charge in [0, 0.05) is 17.0 Å². The number of hydrogen-bond donors (Lipinski definition) is 3. The summed E-state index contributed by atoms with van der Waals surface area (Å²) >= 11 is 0. The third-order valence-electron chi connectivity index (χ3n) is 3.52. The lowest BCUT2D eigenvalue weighted by atomic mass is 9.95. The van der Waals surface area contributed by atoms with E-state index in [2.05, 4.69) is 20.6 Å². The predicted octanol–water partition coefficient (Wildman–Crippen LogP) is 1.74. The lowest BCUT2D eigenvalue weighted by molar-refractivity contribution is -0.121. The first kappa shape index (κ1) is 15.5. The van der Waals surface area contributed by atoms with Gasteiger partial charge in [-0.25, -0.2) is 9.97 Å². The molecule has 0 saturated heterocycles. The molecule has 4 N–H and O–H groups in total. The van der Waals surface area contributed by atoms with Gasteiger partial charge in [0.2, 0.25) is 5.91 Å². The highest BCUT2D eigenvalue weighted by Gasteiger charge is 2.26. The molecule has 1 aliphatic carbocycles. The maximum absolute atomic E-state index is 12.0. The fraction of sp³-hybridized carbons (Fsp3) is 0.667. The predicted molar refractivity (Wildman–Crippen MR) is 84.1 cm³/mol. The molecular weight excluding hydrogens is 266 g/mol. The van der Waals surface area contributed by atoms with Crippen molar-refractivity contribution in [1.29, 1.82) is 0 Å². The number of amides is 1. The monoisotopic (exact) mass is 291 g/mol. The van der Waals surface area contributed by atoms with Crippen LogP contribution in [0.3, 0.4) is 0 Å². The first-order chi connectivity index (χ1) is 9.68. The highest BCUT2D eigenvalue weighted by atomic mass is 16.2. The van der Waals surface area contributed by atoms with Gasteiger partial charge in [0.1, 0.15) is 23.5 Å². The van der Waals surface area contributed by atoms with Crippen LogP contribution in [0.15, 0.2) is 0 Å². The fourth-order valence-electron chi connectivity index (χ4n) is 1.83. The third kappa shape index (κ3) is 3.83. The second-order valence-corrected chi connectivity index (χ2v) is 6.80. The van der Waals surface area contributed by atoms with Crippen LogP contribution in [-0.4, -0.2) is 28.0 Å². The van der Waals surface area contributed by atoms with E-state index in [-0.39, 0.29) is 17.4 Å². The molecule has 2 rings (SSSR count). The number of anilines is 2. The first-order valence-electron chi connectivity index (χ1n) is 7.40. The number of carbonyl (C=O) groups excluding carboxylic acids is 1. The van der Waals surface area contributed by atoms with Crippen molar-refractivity contribution in [3.05, 3.63) is 11.4 Å². The van der Waals surface area contributed by atoms with Crippen LogP contribution < -0.4 is 16.4 Å². The summed E-state index contributed by atoms with van der Waals surface area (Å²) in [5.74, 6) is 1.74. The van der Waals surface area contributed by atoms with Gasteiger partial charge in [-0.1, -0.05) is 20.8 Å². The van der Waals surface area contributed by atoms with E-state index in [1.807, 2.05) is 34.6 Å². The maximum Gasteiger partial charge on any atom is 0.242 e. The van der Waals surface area contributed by atoms with Gasteiger partial charge in [0.25, 0.3) is 0 Å². The Hall–Kier alpha value is -1.85. The van der Waals surface area contributed by atoms with E-state index >= 15 is 0 Å². The van der Waals surface area contributed by atoms with Crippen LogP contribution in [0.2, 0.25) is 0 Å². The van der Waals surface area contributed by atoms with Crippen LogP contribution >= 0.6 is 0 Å². The molecule has 0 aromatic carbocycles. The normalized spacial score (nSPS) is 16.4. The number of nitrogens with zero attached hydrogens (tertiary/aromatic N) is 2. The molecule has 21 heavy (non-hydrogen) atoms. The second kappa shape index (κ2) is 5.50.